The van der Waals surface area contributed by atoms with Gasteiger partial charge in [-0.25, -0.2) is 4.39 Å². The van der Waals surface area contributed by atoms with Crippen LogP contribution in [0.1, 0.15) is 6.92 Å². The number of benzene rings is 1. The fraction of sp³-hybridized carbons (Fsp3) is 0.333. The van der Waals surface area contributed by atoms with Crippen molar-refractivity contribution < 1.29 is 9.13 Å². The molecule has 0 amide bonds. The summed E-state index contributed by atoms with van der Waals surface area (Å²) in [7, 11) is 0. The predicted molar refractivity (Wildman–Crippen MR) is 57.1 cm³/mol. The van der Waals surface area contributed by atoms with Crippen molar-refractivity contribution in [3.63, 3.8) is 0 Å². The number of thioether (sulfide) groups is 1. The van der Waals surface area contributed by atoms with E-state index in [0.717, 1.165) is 4.47 Å². The van der Waals surface area contributed by atoms with E-state index < -0.39 is 0 Å². The lowest BCUT2D eigenvalue weighted by atomic mass is 10.3. The molecule has 0 aliphatic rings. The fourth-order valence-electron chi connectivity index (χ4n) is 0.969. The molecule has 13 heavy (non-hydrogen) atoms. The monoisotopic (exact) mass is 264 g/mol. The van der Waals surface area contributed by atoms with Gasteiger partial charge in [0.15, 0.2) is 11.6 Å². The minimum Gasteiger partial charge on any atom is -0.491 e. The van der Waals surface area contributed by atoms with Crippen LogP contribution >= 0.6 is 27.7 Å². The van der Waals surface area contributed by atoms with Crippen LogP contribution in [0.5, 0.6) is 5.75 Å². The molecule has 1 aromatic carbocycles. The van der Waals surface area contributed by atoms with Gasteiger partial charge in [0.25, 0.3) is 0 Å². The molecule has 0 N–H and O–H groups in total. The molecule has 1 nitrogen and oxygen atoms in total. The van der Waals surface area contributed by atoms with Crippen molar-refractivity contribution in [1.82, 2.24) is 0 Å². The van der Waals surface area contributed by atoms with E-state index in [1.165, 1.54) is 11.8 Å². The van der Waals surface area contributed by atoms with Crippen LogP contribution in [0.4, 0.5) is 4.39 Å². The molecular formula is C9H10BrFOS. The highest BCUT2D eigenvalue weighted by Crippen LogP contribution is 2.33. The molecule has 1 aromatic rings. The van der Waals surface area contributed by atoms with Gasteiger partial charge in [-0.3, -0.25) is 0 Å². The van der Waals surface area contributed by atoms with Crippen LogP contribution in [-0.4, -0.2) is 12.9 Å². The maximum absolute atomic E-state index is 13.5. The first-order valence-electron chi connectivity index (χ1n) is 3.85. The molecular weight excluding hydrogens is 255 g/mol. The van der Waals surface area contributed by atoms with E-state index >= 15 is 0 Å². The Morgan fingerprint density at radius 2 is 2.23 bits per heavy atom. The van der Waals surface area contributed by atoms with Crippen molar-refractivity contribution in [2.24, 2.45) is 0 Å². The van der Waals surface area contributed by atoms with Gasteiger partial charge < -0.3 is 4.74 Å². The average molecular weight is 265 g/mol. The highest BCUT2D eigenvalue weighted by molar-refractivity contribution is 9.10. The van der Waals surface area contributed by atoms with Gasteiger partial charge in [0, 0.05) is 4.47 Å². The van der Waals surface area contributed by atoms with Gasteiger partial charge in [-0.05, 0) is 41.2 Å². The third-order valence-corrected chi connectivity index (χ3v) is 3.25. The lowest BCUT2D eigenvalue weighted by molar-refractivity contribution is 0.318. The molecule has 0 aliphatic carbocycles. The van der Waals surface area contributed by atoms with E-state index in [2.05, 4.69) is 15.9 Å². The number of rotatable bonds is 3. The van der Waals surface area contributed by atoms with Gasteiger partial charge in [-0.15, -0.1) is 11.8 Å². The molecule has 0 saturated heterocycles. The second-order valence-corrected chi connectivity index (χ2v) is 4.00. The molecule has 0 bridgehead atoms. The quantitative estimate of drug-likeness (QED) is 0.770. The molecule has 72 valence electrons. The van der Waals surface area contributed by atoms with E-state index in [4.69, 9.17) is 4.74 Å². The third-order valence-electron chi connectivity index (χ3n) is 1.52. The molecule has 4 heteroatoms. The molecule has 0 saturated carbocycles. The van der Waals surface area contributed by atoms with Crippen molar-refractivity contribution in [3.8, 4) is 5.75 Å². The van der Waals surface area contributed by atoms with E-state index in [1.54, 1.807) is 12.1 Å². The van der Waals surface area contributed by atoms with Crippen LogP contribution in [-0.2, 0) is 0 Å². The first-order valence-corrected chi connectivity index (χ1v) is 5.87. The average Bonchev–Trinajstić information content (AvgIpc) is 2.11. The zero-order valence-corrected chi connectivity index (χ0v) is 9.84. The number of hydrogen-bond donors (Lipinski definition) is 0. The van der Waals surface area contributed by atoms with Crippen LogP contribution in [0.3, 0.4) is 0 Å². The van der Waals surface area contributed by atoms with E-state index in [1.807, 2.05) is 13.2 Å². The second kappa shape index (κ2) is 4.86. The van der Waals surface area contributed by atoms with Crippen molar-refractivity contribution >= 4 is 27.7 Å². The van der Waals surface area contributed by atoms with Gasteiger partial charge in [-0.1, -0.05) is 0 Å². The Bertz CT molecular complexity index is 304. The number of hydrogen-bond acceptors (Lipinski definition) is 2. The summed E-state index contributed by atoms with van der Waals surface area (Å²) in [6.07, 6.45) is 1.83. The Morgan fingerprint density at radius 1 is 1.54 bits per heavy atom. The van der Waals surface area contributed by atoms with Gasteiger partial charge in [0.1, 0.15) is 0 Å². The molecule has 0 radical (unpaired) electrons. The Balaban J connectivity index is 3.11. The first-order chi connectivity index (χ1) is 6.20. The summed E-state index contributed by atoms with van der Waals surface area (Å²) >= 11 is 4.64. The third kappa shape index (κ3) is 2.38. The van der Waals surface area contributed by atoms with Crippen molar-refractivity contribution in [3.05, 3.63) is 22.4 Å². The van der Waals surface area contributed by atoms with E-state index in [0.29, 0.717) is 17.3 Å². The van der Waals surface area contributed by atoms with E-state index in [-0.39, 0.29) is 5.82 Å². The SMILES string of the molecule is CCOc1ccc(Br)c(SC)c1F. The molecule has 0 unspecified atom stereocenters. The molecule has 0 heterocycles. The summed E-state index contributed by atoms with van der Waals surface area (Å²) in [6, 6.07) is 3.42. The fourth-order valence-corrected chi connectivity index (χ4v) is 2.30. The highest BCUT2D eigenvalue weighted by Gasteiger charge is 2.11. The van der Waals surface area contributed by atoms with Crippen molar-refractivity contribution in [2.45, 2.75) is 11.8 Å². The summed E-state index contributed by atoms with van der Waals surface area (Å²) in [4.78, 5) is 0.589. The smallest absolute Gasteiger partial charge is 0.179 e. The largest absolute Gasteiger partial charge is 0.491 e. The number of ether oxygens (including phenoxy) is 1. The molecule has 1 rings (SSSR count). The number of halogens is 2. The van der Waals surface area contributed by atoms with Crippen LogP contribution in [0, 0.1) is 5.82 Å². The minimum absolute atomic E-state index is 0.288. The first kappa shape index (κ1) is 10.9. The Hall–Kier alpha value is -0.220. The Labute approximate surface area is 89.8 Å². The molecule has 0 atom stereocenters. The van der Waals surface area contributed by atoms with Crippen molar-refractivity contribution in [2.75, 3.05) is 12.9 Å². The summed E-state index contributed by atoms with van der Waals surface area (Å²) in [5.41, 5.74) is 0. The van der Waals surface area contributed by atoms with Crippen LogP contribution in [0.2, 0.25) is 0 Å². The minimum atomic E-state index is -0.288. The molecule has 0 spiro atoms. The van der Waals surface area contributed by atoms with Crippen LogP contribution in [0.15, 0.2) is 21.5 Å². The maximum Gasteiger partial charge on any atom is 0.179 e. The lowest BCUT2D eigenvalue weighted by Crippen LogP contribution is -1.96. The van der Waals surface area contributed by atoms with E-state index in [9.17, 15) is 4.39 Å². The van der Waals surface area contributed by atoms with Gasteiger partial charge in [-0.2, -0.15) is 0 Å². The van der Waals surface area contributed by atoms with Crippen molar-refractivity contribution in [1.29, 1.82) is 0 Å². The summed E-state index contributed by atoms with van der Waals surface area (Å²) < 4.78 is 19.4. The zero-order chi connectivity index (χ0) is 9.84. The van der Waals surface area contributed by atoms with Gasteiger partial charge >= 0.3 is 0 Å². The van der Waals surface area contributed by atoms with Crippen LogP contribution in [0.25, 0.3) is 0 Å². The van der Waals surface area contributed by atoms with Crippen LogP contribution < -0.4 is 4.74 Å². The summed E-state index contributed by atoms with van der Waals surface area (Å²) in [6.45, 7) is 2.31. The second-order valence-electron chi connectivity index (χ2n) is 2.33. The Morgan fingerprint density at radius 3 is 2.77 bits per heavy atom. The normalized spacial score (nSPS) is 10.2. The maximum atomic E-state index is 13.5. The lowest BCUT2D eigenvalue weighted by Gasteiger charge is -2.08. The standard InChI is InChI=1S/C9H10BrFOS/c1-3-12-7-5-4-6(10)9(13-2)8(7)11/h4-5H,3H2,1-2H3. The summed E-state index contributed by atoms with van der Waals surface area (Å²) in [5.74, 6) is 0.0266. The molecule has 0 aliphatic heterocycles. The highest BCUT2D eigenvalue weighted by atomic mass is 79.9. The summed E-state index contributed by atoms with van der Waals surface area (Å²) in [5, 5.41) is 0. The van der Waals surface area contributed by atoms with Gasteiger partial charge in [0.05, 0.1) is 11.5 Å². The van der Waals surface area contributed by atoms with Gasteiger partial charge in [0.2, 0.25) is 0 Å². The predicted octanol–water partition coefficient (Wildman–Crippen LogP) is 3.71. The molecule has 0 fully saturated rings. The zero-order valence-electron chi connectivity index (χ0n) is 7.43. The molecule has 0 aromatic heterocycles. The Kier molecular flexibility index (Phi) is 4.06. The topological polar surface area (TPSA) is 9.23 Å².